The summed E-state index contributed by atoms with van der Waals surface area (Å²) in [6, 6.07) is 0. The number of H-pyrrole nitrogens is 1. The summed E-state index contributed by atoms with van der Waals surface area (Å²) in [4.78, 5) is 14.4. The van der Waals surface area contributed by atoms with Gasteiger partial charge in [-0.15, -0.1) is 10.2 Å². The van der Waals surface area contributed by atoms with E-state index < -0.39 is 0 Å². The second-order valence-corrected chi connectivity index (χ2v) is 5.45. The van der Waals surface area contributed by atoms with Crippen LogP contribution in [0.25, 0.3) is 0 Å². The molecule has 0 unspecified atom stereocenters. The van der Waals surface area contributed by atoms with Crippen molar-refractivity contribution in [1.82, 2.24) is 29.9 Å². The fraction of sp³-hybridized carbons (Fsp3) is 0.538. The van der Waals surface area contributed by atoms with Gasteiger partial charge in [0.05, 0.1) is 6.54 Å². The van der Waals surface area contributed by atoms with E-state index in [0.717, 1.165) is 30.5 Å². The van der Waals surface area contributed by atoms with Crippen LogP contribution in [-0.2, 0) is 32.5 Å². The highest BCUT2D eigenvalue weighted by atomic mass is 16.3. The molecule has 8 heteroatoms. The molecule has 1 amide bonds. The van der Waals surface area contributed by atoms with Crippen molar-refractivity contribution in [2.75, 3.05) is 6.54 Å². The number of aliphatic hydroxyl groups excluding tert-OH is 1. The molecule has 1 aliphatic carbocycles. The van der Waals surface area contributed by atoms with Crippen LogP contribution >= 0.6 is 0 Å². The number of rotatable bonds is 2. The quantitative estimate of drug-likeness (QED) is 0.786. The van der Waals surface area contributed by atoms with E-state index in [1.165, 1.54) is 0 Å². The highest BCUT2D eigenvalue weighted by molar-refractivity contribution is 5.94. The van der Waals surface area contributed by atoms with Crippen LogP contribution in [0.5, 0.6) is 0 Å². The van der Waals surface area contributed by atoms with E-state index in [-0.39, 0.29) is 12.5 Å². The first kappa shape index (κ1) is 12.5. The standard InChI is InChI=1S/C13H16N6O2/c20-7-11-16-15-10-6-18(4-5-19(10)11)13(21)12-8-2-1-3-9(8)14-17-12/h20H,1-7H2,(H,14,17). The molecule has 3 heterocycles. The Kier molecular flexibility index (Phi) is 2.78. The number of carbonyl (C=O) groups excluding carboxylic acids is 1. The van der Waals surface area contributed by atoms with Gasteiger partial charge in [-0.05, 0) is 19.3 Å². The van der Waals surface area contributed by atoms with Gasteiger partial charge < -0.3 is 14.6 Å². The average molecular weight is 288 g/mol. The molecule has 0 bridgehead atoms. The largest absolute Gasteiger partial charge is 0.388 e. The molecule has 2 aromatic rings. The number of aromatic nitrogens is 5. The monoisotopic (exact) mass is 288 g/mol. The Hall–Kier alpha value is -2.22. The van der Waals surface area contributed by atoms with E-state index in [2.05, 4.69) is 20.4 Å². The maximum absolute atomic E-state index is 12.6. The summed E-state index contributed by atoms with van der Waals surface area (Å²) in [6.45, 7) is 1.47. The van der Waals surface area contributed by atoms with E-state index in [0.29, 0.717) is 37.0 Å². The Morgan fingerprint density at radius 2 is 2.19 bits per heavy atom. The molecule has 0 radical (unpaired) electrons. The molecule has 2 aliphatic rings. The molecule has 8 nitrogen and oxygen atoms in total. The maximum atomic E-state index is 12.6. The van der Waals surface area contributed by atoms with Crippen LogP contribution < -0.4 is 0 Å². The molecule has 2 aromatic heterocycles. The number of aliphatic hydroxyl groups is 1. The van der Waals surface area contributed by atoms with Gasteiger partial charge in [-0.2, -0.15) is 5.10 Å². The third-order valence-corrected chi connectivity index (χ3v) is 4.27. The SMILES string of the molecule is O=C(c1n[nH]c2c1CCC2)N1CCn2c(CO)nnc2C1. The van der Waals surface area contributed by atoms with Crippen LogP contribution in [0.3, 0.4) is 0 Å². The lowest BCUT2D eigenvalue weighted by atomic mass is 10.1. The van der Waals surface area contributed by atoms with E-state index in [9.17, 15) is 9.90 Å². The van der Waals surface area contributed by atoms with Gasteiger partial charge in [0, 0.05) is 24.3 Å². The van der Waals surface area contributed by atoms with Crippen molar-refractivity contribution in [2.24, 2.45) is 0 Å². The Morgan fingerprint density at radius 3 is 3.05 bits per heavy atom. The van der Waals surface area contributed by atoms with Crippen LogP contribution in [0.15, 0.2) is 0 Å². The molecular weight excluding hydrogens is 272 g/mol. The average Bonchev–Trinajstić information content (AvgIpc) is 3.20. The fourth-order valence-corrected chi connectivity index (χ4v) is 3.15. The van der Waals surface area contributed by atoms with Gasteiger partial charge in [-0.1, -0.05) is 0 Å². The minimum absolute atomic E-state index is 0.0470. The number of aromatic amines is 1. The summed E-state index contributed by atoms with van der Waals surface area (Å²) >= 11 is 0. The van der Waals surface area contributed by atoms with Gasteiger partial charge in [-0.25, -0.2) is 0 Å². The zero-order valence-electron chi connectivity index (χ0n) is 11.5. The molecule has 0 fully saturated rings. The predicted molar refractivity (Wildman–Crippen MR) is 71.3 cm³/mol. The van der Waals surface area contributed by atoms with Gasteiger partial charge >= 0.3 is 0 Å². The van der Waals surface area contributed by atoms with Crippen LogP contribution in [0.2, 0.25) is 0 Å². The number of nitrogens with zero attached hydrogens (tertiary/aromatic N) is 5. The van der Waals surface area contributed by atoms with Gasteiger partial charge in [-0.3, -0.25) is 9.89 Å². The summed E-state index contributed by atoms with van der Waals surface area (Å²) < 4.78 is 1.87. The van der Waals surface area contributed by atoms with Crippen molar-refractivity contribution in [3.8, 4) is 0 Å². The van der Waals surface area contributed by atoms with Crippen molar-refractivity contribution in [3.05, 3.63) is 28.6 Å². The molecule has 0 spiro atoms. The number of nitrogens with one attached hydrogen (secondary N) is 1. The van der Waals surface area contributed by atoms with E-state index >= 15 is 0 Å². The number of aryl methyl sites for hydroxylation is 1. The third-order valence-electron chi connectivity index (χ3n) is 4.27. The van der Waals surface area contributed by atoms with Gasteiger partial charge in [0.1, 0.15) is 6.61 Å². The first-order valence-electron chi connectivity index (χ1n) is 7.15. The molecule has 110 valence electrons. The van der Waals surface area contributed by atoms with Crippen molar-refractivity contribution in [3.63, 3.8) is 0 Å². The van der Waals surface area contributed by atoms with Crippen molar-refractivity contribution in [2.45, 2.75) is 39.0 Å². The molecular formula is C13H16N6O2. The number of amides is 1. The topological polar surface area (TPSA) is 99.9 Å². The van der Waals surface area contributed by atoms with Gasteiger partial charge in [0.15, 0.2) is 17.3 Å². The third kappa shape index (κ3) is 1.86. The Bertz CT molecular complexity index is 704. The molecule has 2 N–H and O–H groups in total. The second kappa shape index (κ2) is 4.66. The predicted octanol–water partition coefficient (Wildman–Crippen LogP) is -0.362. The molecule has 0 saturated heterocycles. The van der Waals surface area contributed by atoms with Crippen LogP contribution in [-0.4, -0.2) is 47.4 Å². The molecule has 1 aliphatic heterocycles. The molecule has 0 aromatic carbocycles. The summed E-state index contributed by atoms with van der Waals surface area (Å²) in [5.74, 6) is 1.22. The molecule has 0 atom stereocenters. The van der Waals surface area contributed by atoms with Crippen LogP contribution in [0, 0.1) is 0 Å². The van der Waals surface area contributed by atoms with Crippen LogP contribution in [0.1, 0.15) is 39.8 Å². The summed E-state index contributed by atoms with van der Waals surface area (Å²) in [7, 11) is 0. The number of carbonyl (C=O) groups is 1. The molecule has 0 saturated carbocycles. The Labute approximate surface area is 120 Å². The highest BCUT2D eigenvalue weighted by Crippen LogP contribution is 2.24. The zero-order chi connectivity index (χ0) is 14.4. The van der Waals surface area contributed by atoms with E-state index in [1.807, 2.05) is 4.57 Å². The number of hydrogen-bond acceptors (Lipinski definition) is 5. The minimum atomic E-state index is -0.131. The van der Waals surface area contributed by atoms with Crippen molar-refractivity contribution in [1.29, 1.82) is 0 Å². The van der Waals surface area contributed by atoms with E-state index in [1.54, 1.807) is 4.90 Å². The lowest BCUT2D eigenvalue weighted by Gasteiger charge is -2.27. The fourth-order valence-electron chi connectivity index (χ4n) is 3.15. The van der Waals surface area contributed by atoms with Crippen molar-refractivity contribution < 1.29 is 9.90 Å². The number of fused-ring (bicyclic) bond motifs is 2. The summed E-state index contributed by atoms with van der Waals surface area (Å²) in [6.07, 6.45) is 2.98. The lowest BCUT2D eigenvalue weighted by Crippen LogP contribution is -2.39. The van der Waals surface area contributed by atoms with Crippen molar-refractivity contribution >= 4 is 5.91 Å². The summed E-state index contributed by atoms with van der Waals surface area (Å²) in [5.41, 5.74) is 2.72. The normalized spacial score (nSPS) is 16.9. The van der Waals surface area contributed by atoms with Gasteiger partial charge in [0.25, 0.3) is 5.91 Å². The minimum Gasteiger partial charge on any atom is -0.388 e. The highest BCUT2D eigenvalue weighted by Gasteiger charge is 2.30. The maximum Gasteiger partial charge on any atom is 0.275 e. The smallest absolute Gasteiger partial charge is 0.275 e. The summed E-state index contributed by atoms with van der Waals surface area (Å²) in [5, 5.41) is 24.3. The van der Waals surface area contributed by atoms with E-state index in [4.69, 9.17) is 0 Å². The first-order chi connectivity index (χ1) is 10.3. The number of hydrogen-bond donors (Lipinski definition) is 2. The molecule has 21 heavy (non-hydrogen) atoms. The molecule has 4 rings (SSSR count). The zero-order valence-corrected chi connectivity index (χ0v) is 11.5. The van der Waals surface area contributed by atoms with Crippen LogP contribution in [0.4, 0.5) is 0 Å². The first-order valence-corrected chi connectivity index (χ1v) is 7.15. The second-order valence-electron chi connectivity index (χ2n) is 5.45. The Balaban J connectivity index is 1.59. The lowest BCUT2D eigenvalue weighted by molar-refractivity contribution is 0.0698. The Morgan fingerprint density at radius 1 is 1.29 bits per heavy atom. The van der Waals surface area contributed by atoms with Gasteiger partial charge in [0.2, 0.25) is 0 Å².